The van der Waals surface area contributed by atoms with E-state index in [9.17, 15) is 9.59 Å². The van der Waals surface area contributed by atoms with Gasteiger partial charge < -0.3 is 15.0 Å². The van der Waals surface area contributed by atoms with Gasteiger partial charge in [-0.3, -0.25) is 9.59 Å². The van der Waals surface area contributed by atoms with Crippen LogP contribution in [0.5, 0.6) is 0 Å². The van der Waals surface area contributed by atoms with Crippen LogP contribution in [0.4, 0.5) is 0 Å². The molecule has 1 unspecified atom stereocenters. The maximum absolute atomic E-state index is 11.9. The van der Waals surface area contributed by atoms with Gasteiger partial charge in [-0.2, -0.15) is 5.26 Å². The Hall–Kier alpha value is -2.46. The molecular formula is C13H14N4O3. The summed E-state index contributed by atoms with van der Waals surface area (Å²) in [5, 5.41) is 11.3. The van der Waals surface area contributed by atoms with Crippen molar-refractivity contribution in [3.8, 4) is 6.07 Å². The number of aromatic nitrogens is 1. The second kappa shape index (κ2) is 6.12. The van der Waals surface area contributed by atoms with Crippen molar-refractivity contribution in [1.29, 1.82) is 5.26 Å². The lowest BCUT2D eigenvalue weighted by molar-refractivity contribution is -0.146. The van der Waals surface area contributed by atoms with Crippen LogP contribution >= 0.6 is 0 Å². The molecule has 0 spiro atoms. The van der Waals surface area contributed by atoms with Crippen molar-refractivity contribution in [2.75, 3.05) is 26.7 Å². The fraction of sp³-hybridized carbons (Fsp3) is 0.385. The minimum Gasteiger partial charge on any atom is -0.365 e. The summed E-state index contributed by atoms with van der Waals surface area (Å²) in [7, 11) is 1.70. The summed E-state index contributed by atoms with van der Waals surface area (Å²) in [6, 6.07) is 4.91. The topological polar surface area (TPSA) is 95.3 Å². The molecule has 1 aliphatic rings. The summed E-state index contributed by atoms with van der Waals surface area (Å²) < 4.78 is 5.32. The van der Waals surface area contributed by atoms with E-state index in [1.54, 1.807) is 11.9 Å². The summed E-state index contributed by atoms with van der Waals surface area (Å²) in [5.41, 5.74) is 0.640. The number of carbonyl (C=O) groups excluding carboxylic acids is 2. The minimum absolute atomic E-state index is 0.0372. The molecule has 0 bridgehead atoms. The Balaban J connectivity index is 1.86. The monoisotopic (exact) mass is 274 g/mol. The number of hydrogen-bond acceptors (Lipinski definition) is 5. The van der Waals surface area contributed by atoms with E-state index in [1.807, 2.05) is 6.07 Å². The smallest absolute Gasteiger partial charge is 0.252 e. The number of hydrogen-bond donors (Lipinski definition) is 1. The van der Waals surface area contributed by atoms with Gasteiger partial charge in [-0.05, 0) is 12.1 Å². The average Bonchev–Trinajstić information content (AvgIpc) is 2.48. The van der Waals surface area contributed by atoms with Gasteiger partial charge in [0.25, 0.3) is 5.91 Å². The number of pyridine rings is 1. The van der Waals surface area contributed by atoms with Gasteiger partial charge in [0.2, 0.25) is 5.91 Å². The molecule has 0 saturated carbocycles. The maximum atomic E-state index is 11.9. The third kappa shape index (κ3) is 3.30. The van der Waals surface area contributed by atoms with Gasteiger partial charge in [0.05, 0.1) is 11.7 Å². The molecule has 1 aromatic rings. The van der Waals surface area contributed by atoms with Gasteiger partial charge in [0.1, 0.15) is 18.4 Å². The van der Waals surface area contributed by atoms with Crippen LogP contribution in [0.3, 0.4) is 0 Å². The molecule has 2 rings (SSSR count). The van der Waals surface area contributed by atoms with Gasteiger partial charge in [-0.1, -0.05) is 0 Å². The Kier molecular flexibility index (Phi) is 4.27. The summed E-state index contributed by atoms with van der Waals surface area (Å²) in [6.45, 7) is 0.802. The van der Waals surface area contributed by atoms with Crippen LogP contribution in [-0.4, -0.2) is 54.5 Å². The van der Waals surface area contributed by atoms with Crippen molar-refractivity contribution < 1.29 is 14.3 Å². The van der Waals surface area contributed by atoms with Gasteiger partial charge >= 0.3 is 0 Å². The number of rotatable bonds is 3. The zero-order valence-corrected chi connectivity index (χ0v) is 11.0. The number of likely N-dealkylation sites (N-methyl/N-ethyl adjacent to an activating group) is 1. The number of nitriles is 1. The van der Waals surface area contributed by atoms with E-state index in [0.717, 1.165) is 0 Å². The van der Waals surface area contributed by atoms with Crippen molar-refractivity contribution in [3.63, 3.8) is 0 Å². The molecule has 1 saturated heterocycles. The molecule has 7 nitrogen and oxygen atoms in total. The maximum Gasteiger partial charge on any atom is 0.252 e. The number of nitrogens with zero attached hydrogens (tertiary/aromatic N) is 3. The summed E-state index contributed by atoms with van der Waals surface area (Å²) in [5.74, 6) is -0.353. The molecule has 1 aromatic heterocycles. The molecule has 0 aliphatic carbocycles. The van der Waals surface area contributed by atoms with Crippen LogP contribution in [-0.2, 0) is 9.53 Å². The van der Waals surface area contributed by atoms with Crippen LogP contribution in [0.1, 0.15) is 16.1 Å². The summed E-state index contributed by atoms with van der Waals surface area (Å²) >= 11 is 0. The molecule has 2 heterocycles. The molecule has 0 aromatic carbocycles. The van der Waals surface area contributed by atoms with Crippen molar-refractivity contribution in [1.82, 2.24) is 15.2 Å². The molecule has 7 heteroatoms. The molecule has 1 N–H and O–H groups in total. The lowest BCUT2D eigenvalue weighted by Gasteiger charge is -2.29. The van der Waals surface area contributed by atoms with Crippen molar-refractivity contribution in [3.05, 3.63) is 29.6 Å². The van der Waals surface area contributed by atoms with Crippen molar-refractivity contribution in [2.45, 2.75) is 6.10 Å². The van der Waals surface area contributed by atoms with E-state index < -0.39 is 0 Å². The van der Waals surface area contributed by atoms with Crippen LogP contribution in [0.2, 0.25) is 0 Å². The van der Waals surface area contributed by atoms with Gasteiger partial charge in [0.15, 0.2) is 0 Å². The highest BCUT2D eigenvalue weighted by molar-refractivity contribution is 5.93. The lowest BCUT2D eigenvalue weighted by Crippen LogP contribution is -2.48. The highest BCUT2D eigenvalue weighted by atomic mass is 16.5. The third-order valence-corrected chi connectivity index (χ3v) is 2.98. The normalized spacial score (nSPS) is 18.5. The van der Waals surface area contributed by atoms with E-state index in [4.69, 9.17) is 10.00 Å². The number of ether oxygens (including phenoxy) is 1. The van der Waals surface area contributed by atoms with E-state index >= 15 is 0 Å². The van der Waals surface area contributed by atoms with Crippen LogP contribution in [0.25, 0.3) is 0 Å². The Morgan fingerprint density at radius 1 is 1.65 bits per heavy atom. The van der Waals surface area contributed by atoms with Gasteiger partial charge in [-0.15, -0.1) is 0 Å². The Morgan fingerprint density at radius 3 is 3.05 bits per heavy atom. The van der Waals surface area contributed by atoms with Crippen molar-refractivity contribution in [2.24, 2.45) is 0 Å². The number of carbonyl (C=O) groups is 2. The average molecular weight is 274 g/mol. The van der Waals surface area contributed by atoms with Crippen LogP contribution < -0.4 is 5.32 Å². The first-order chi connectivity index (χ1) is 9.60. The quantitative estimate of drug-likeness (QED) is 0.804. The van der Waals surface area contributed by atoms with E-state index in [-0.39, 0.29) is 30.2 Å². The zero-order valence-electron chi connectivity index (χ0n) is 11.0. The fourth-order valence-corrected chi connectivity index (χ4v) is 1.79. The first-order valence-corrected chi connectivity index (χ1v) is 6.10. The number of morpholine rings is 1. The SMILES string of the molecule is CN1CC(CNC(=O)c2ccc(C#N)nc2)OCC1=O. The second-order valence-electron chi connectivity index (χ2n) is 4.46. The summed E-state index contributed by atoms with van der Waals surface area (Å²) in [6.07, 6.45) is 1.14. The Labute approximate surface area is 116 Å². The molecule has 2 amide bonds. The Bertz CT molecular complexity index is 550. The van der Waals surface area contributed by atoms with E-state index in [0.29, 0.717) is 18.7 Å². The molecule has 0 radical (unpaired) electrons. The molecule has 104 valence electrons. The van der Waals surface area contributed by atoms with Gasteiger partial charge in [0, 0.05) is 26.3 Å². The number of nitrogens with one attached hydrogen (secondary N) is 1. The molecule has 1 fully saturated rings. The number of amides is 2. The van der Waals surface area contributed by atoms with Crippen LogP contribution in [0, 0.1) is 11.3 Å². The standard InChI is InChI=1S/C13H14N4O3/c1-17-7-11(20-8-12(17)18)6-16-13(19)9-2-3-10(4-14)15-5-9/h2-3,5,11H,6-8H2,1H3,(H,16,19). The molecule has 20 heavy (non-hydrogen) atoms. The lowest BCUT2D eigenvalue weighted by atomic mass is 10.2. The van der Waals surface area contributed by atoms with E-state index in [2.05, 4.69) is 10.3 Å². The zero-order chi connectivity index (χ0) is 14.5. The van der Waals surface area contributed by atoms with Crippen LogP contribution in [0.15, 0.2) is 18.3 Å². The highest BCUT2D eigenvalue weighted by Crippen LogP contribution is 2.04. The highest BCUT2D eigenvalue weighted by Gasteiger charge is 2.23. The molecule has 1 aliphatic heterocycles. The van der Waals surface area contributed by atoms with Gasteiger partial charge in [-0.25, -0.2) is 4.98 Å². The third-order valence-electron chi connectivity index (χ3n) is 2.98. The second-order valence-corrected chi connectivity index (χ2v) is 4.46. The summed E-state index contributed by atoms with van der Waals surface area (Å²) in [4.78, 5) is 28.5. The molecule has 1 atom stereocenters. The first kappa shape index (κ1) is 14.0. The first-order valence-electron chi connectivity index (χ1n) is 6.10. The fourth-order valence-electron chi connectivity index (χ4n) is 1.79. The Morgan fingerprint density at radius 2 is 2.45 bits per heavy atom. The predicted octanol–water partition coefficient (Wildman–Crippen LogP) is -0.460. The largest absolute Gasteiger partial charge is 0.365 e. The molecular weight excluding hydrogens is 260 g/mol. The van der Waals surface area contributed by atoms with E-state index in [1.165, 1.54) is 18.3 Å². The van der Waals surface area contributed by atoms with Crippen molar-refractivity contribution >= 4 is 11.8 Å². The minimum atomic E-state index is -0.287. The predicted molar refractivity (Wildman–Crippen MR) is 68.7 cm³/mol.